The highest BCUT2D eigenvalue weighted by Crippen LogP contribution is 2.43. The van der Waals surface area contributed by atoms with Crippen molar-refractivity contribution in [1.29, 1.82) is 0 Å². The molecule has 1 N–H and O–H groups in total. The molecule has 158 valence electrons. The van der Waals surface area contributed by atoms with E-state index in [0.717, 1.165) is 50.0 Å². The van der Waals surface area contributed by atoms with Crippen LogP contribution in [0.3, 0.4) is 0 Å². The first kappa shape index (κ1) is 19.4. The molecule has 1 aromatic carbocycles. The van der Waals surface area contributed by atoms with Crippen molar-refractivity contribution < 1.29 is 8.78 Å². The van der Waals surface area contributed by atoms with Gasteiger partial charge < -0.3 is 10.2 Å². The van der Waals surface area contributed by atoms with Crippen molar-refractivity contribution in [3.8, 4) is 11.3 Å². The number of fused-ring (bicyclic) bond motifs is 1. The summed E-state index contributed by atoms with van der Waals surface area (Å²) in [5.74, 6) is 0.968. The molecule has 2 aromatic heterocycles. The second-order valence-electron chi connectivity index (χ2n) is 8.62. The average molecular weight is 412 g/mol. The number of nitrogens with one attached hydrogen (secondary N) is 1. The lowest BCUT2D eigenvalue weighted by Gasteiger charge is -2.30. The van der Waals surface area contributed by atoms with Crippen LogP contribution in [0.4, 0.5) is 14.7 Å². The van der Waals surface area contributed by atoms with Gasteiger partial charge in [0.15, 0.2) is 0 Å². The Hall–Kier alpha value is -2.61. The van der Waals surface area contributed by atoms with E-state index in [1.165, 1.54) is 0 Å². The van der Waals surface area contributed by atoms with Crippen LogP contribution >= 0.6 is 0 Å². The van der Waals surface area contributed by atoms with Crippen molar-refractivity contribution in [3.05, 3.63) is 41.1 Å². The smallest absolute Gasteiger partial charge is 0.264 e. The minimum atomic E-state index is -2.57. The van der Waals surface area contributed by atoms with Gasteiger partial charge >= 0.3 is 0 Å². The molecule has 2 aliphatic rings. The van der Waals surface area contributed by atoms with Crippen LogP contribution < -0.4 is 5.32 Å². The average Bonchev–Trinajstić information content (AvgIpc) is 3.49. The van der Waals surface area contributed by atoms with Crippen molar-refractivity contribution >= 4 is 11.5 Å². The zero-order chi connectivity index (χ0) is 20.8. The summed E-state index contributed by atoms with van der Waals surface area (Å²) in [4.78, 5) is 2.28. The minimum Gasteiger partial charge on any atom is -0.349 e. The number of likely N-dealkylation sites (tertiary alicyclic amines) is 1. The Morgan fingerprint density at radius 1 is 1.13 bits per heavy atom. The number of likely N-dealkylation sites (N-methyl/N-ethyl adjacent to an activating group) is 1. The molecule has 3 heterocycles. The zero-order valence-electron chi connectivity index (χ0n) is 17.3. The van der Waals surface area contributed by atoms with Gasteiger partial charge in [-0.25, -0.2) is 8.78 Å². The standard InChI is InChI=1S/C22H26F2N6/c1-13-10-19-20(17-8-7-15(14-5-6-14)11-18(17)21(23)24)26-27-22(30(19)28-13)25-16-4-3-9-29(2)12-16/h7-8,10-11,14,16,21H,3-6,9,12H2,1-2H3,(H,25,27)/t16-/m1/s1. The summed E-state index contributed by atoms with van der Waals surface area (Å²) in [6.07, 6.45) is 1.75. The molecule has 0 unspecified atom stereocenters. The van der Waals surface area contributed by atoms with Gasteiger partial charge in [0.25, 0.3) is 6.43 Å². The first-order valence-electron chi connectivity index (χ1n) is 10.6. The molecule has 1 saturated heterocycles. The highest BCUT2D eigenvalue weighted by Gasteiger charge is 2.27. The van der Waals surface area contributed by atoms with Gasteiger partial charge in [0.1, 0.15) is 5.69 Å². The molecule has 2 fully saturated rings. The van der Waals surface area contributed by atoms with Gasteiger partial charge in [-0.3, -0.25) is 0 Å². The van der Waals surface area contributed by atoms with Crippen LogP contribution in [-0.2, 0) is 0 Å². The lowest BCUT2D eigenvalue weighted by molar-refractivity contribution is 0.152. The van der Waals surface area contributed by atoms with Gasteiger partial charge in [-0.05, 0) is 69.8 Å². The fourth-order valence-electron chi connectivity index (χ4n) is 4.42. The summed E-state index contributed by atoms with van der Waals surface area (Å²) in [5.41, 5.74) is 3.36. The first-order valence-corrected chi connectivity index (χ1v) is 10.6. The predicted molar refractivity (Wildman–Crippen MR) is 112 cm³/mol. The molecule has 0 radical (unpaired) electrons. The van der Waals surface area contributed by atoms with Crippen molar-refractivity contribution in [2.75, 3.05) is 25.5 Å². The summed E-state index contributed by atoms with van der Waals surface area (Å²) >= 11 is 0. The molecule has 0 spiro atoms. The molecule has 30 heavy (non-hydrogen) atoms. The largest absolute Gasteiger partial charge is 0.349 e. The van der Waals surface area contributed by atoms with Crippen LogP contribution in [0.15, 0.2) is 24.3 Å². The van der Waals surface area contributed by atoms with E-state index in [-0.39, 0.29) is 11.6 Å². The van der Waals surface area contributed by atoms with Crippen LogP contribution in [0, 0.1) is 6.92 Å². The molecule has 1 aliphatic carbocycles. The minimum absolute atomic E-state index is 0.0177. The highest BCUT2D eigenvalue weighted by atomic mass is 19.3. The van der Waals surface area contributed by atoms with E-state index in [9.17, 15) is 8.78 Å². The summed E-state index contributed by atoms with van der Waals surface area (Å²) < 4.78 is 29.5. The van der Waals surface area contributed by atoms with Gasteiger partial charge in [0, 0.05) is 23.7 Å². The third-order valence-electron chi connectivity index (χ3n) is 6.09. The quantitative estimate of drug-likeness (QED) is 0.672. The van der Waals surface area contributed by atoms with Crippen LogP contribution in [0.25, 0.3) is 16.8 Å². The number of aryl methyl sites for hydroxylation is 1. The Kier molecular flexibility index (Phi) is 4.89. The summed E-state index contributed by atoms with van der Waals surface area (Å²) in [6, 6.07) is 7.50. The SMILES string of the molecule is Cc1cc2c(-c3ccc(C4CC4)cc3C(F)F)nnc(N[C@@H]3CCCN(C)C3)n2n1. The topological polar surface area (TPSA) is 58.4 Å². The first-order chi connectivity index (χ1) is 14.5. The van der Waals surface area contributed by atoms with Crippen molar-refractivity contribution in [2.24, 2.45) is 0 Å². The number of alkyl halides is 2. The Labute approximate surface area is 174 Å². The third-order valence-corrected chi connectivity index (χ3v) is 6.09. The van der Waals surface area contributed by atoms with E-state index in [1.807, 2.05) is 19.1 Å². The van der Waals surface area contributed by atoms with Gasteiger partial charge in [-0.1, -0.05) is 12.1 Å². The van der Waals surface area contributed by atoms with Gasteiger partial charge in [-0.15, -0.1) is 10.2 Å². The van der Waals surface area contributed by atoms with E-state index < -0.39 is 6.43 Å². The Morgan fingerprint density at radius 3 is 2.70 bits per heavy atom. The van der Waals surface area contributed by atoms with Crippen molar-refractivity contribution in [1.82, 2.24) is 24.7 Å². The van der Waals surface area contributed by atoms with Crippen LogP contribution in [-0.4, -0.2) is 50.9 Å². The normalized spacial score (nSPS) is 20.2. The Bertz CT molecular complexity index is 1070. The van der Waals surface area contributed by atoms with Gasteiger partial charge in [0.2, 0.25) is 5.95 Å². The number of anilines is 1. The number of halogens is 2. The maximum Gasteiger partial charge on any atom is 0.264 e. The lowest BCUT2D eigenvalue weighted by Crippen LogP contribution is -2.40. The summed E-state index contributed by atoms with van der Waals surface area (Å²) in [5, 5.41) is 16.8. The number of hydrogen-bond donors (Lipinski definition) is 1. The molecule has 1 aliphatic heterocycles. The summed E-state index contributed by atoms with van der Waals surface area (Å²) in [7, 11) is 2.10. The monoisotopic (exact) mass is 412 g/mol. The van der Waals surface area contributed by atoms with Crippen LogP contribution in [0.5, 0.6) is 0 Å². The molecule has 8 heteroatoms. The van der Waals surface area contributed by atoms with E-state index in [2.05, 4.69) is 32.6 Å². The molecule has 6 nitrogen and oxygen atoms in total. The predicted octanol–water partition coefficient (Wildman–Crippen LogP) is 4.42. The number of rotatable bonds is 5. The third kappa shape index (κ3) is 3.64. The van der Waals surface area contributed by atoms with E-state index in [1.54, 1.807) is 16.6 Å². The Balaban J connectivity index is 1.56. The van der Waals surface area contributed by atoms with Crippen LogP contribution in [0.2, 0.25) is 0 Å². The molecule has 5 rings (SSSR count). The van der Waals surface area contributed by atoms with E-state index >= 15 is 0 Å². The highest BCUT2D eigenvalue weighted by molar-refractivity contribution is 5.80. The fourth-order valence-corrected chi connectivity index (χ4v) is 4.42. The summed E-state index contributed by atoms with van der Waals surface area (Å²) in [6.45, 7) is 3.90. The maximum absolute atomic E-state index is 13.9. The van der Waals surface area contributed by atoms with E-state index in [0.29, 0.717) is 28.6 Å². The molecular weight excluding hydrogens is 386 g/mol. The Morgan fingerprint density at radius 2 is 1.97 bits per heavy atom. The van der Waals surface area contributed by atoms with Crippen molar-refractivity contribution in [3.63, 3.8) is 0 Å². The van der Waals surface area contributed by atoms with E-state index in [4.69, 9.17) is 0 Å². The molecule has 0 bridgehead atoms. The number of piperidine rings is 1. The zero-order valence-corrected chi connectivity index (χ0v) is 17.3. The fraction of sp³-hybridized carbons (Fsp3) is 0.500. The van der Waals surface area contributed by atoms with Gasteiger partial charge in [0.05, 0.1) is 11.2 Å². The molecule has 0 amide bonds. The van der Waals surface area contributed by atoms with Gasteiger partial charge in [-0.2, -0.15) is 9.61 Å². The number of hydrogen-bond acceptors (Lipinski definition) is 5. The molecule has 1 saturated carbocycles. The van der Waals surface area contributed by atoms with Crippen molar-refractivity contribution in [2.45, 2.75) is 51.0 Å². The number of benzene rings is 1. The second kappa shape index (κ2) is 7.58. The number of nitrogens with zero attached hydrogens (tertiary/aromatic N) is 5. The molecule has 1 atom stereocenters. The molecule has 3 aromatic rings. The lowest BCUT2D eigenvalue weighted by atomic mass is 9.99. The maximum atomic E-state index is 13.9. The molecular formula is C22H26F2N6. The number of aromatic nitrogens is 4. The second-order valence-corrected chi connectivity index (χ2v) is 8.62. The van der Waals surface area contributed by atoms with Crippen LogP contribution in [0.1, 0.15) is 54.8 Å².